The van der Waals surface area contributed by atoms with E-state index < -0.39 is 5.97 Å². The molecule has 1 heterocycles. The van der Waals surface area contributed by atoms with Crippen LogP contribution < -0.4 is 0 Å². The normalized spacial score (nSPS) is 29.2. The summed E-state index contributed by atoms with van der Waals surface area (Å²) in [5.74, 6) is -0.720. The smallest absolute Gasteiger partial charge is 0.306 e. The van der Waals surface area contributed by atoms with E-state index in [9.17, 15) is 4.79 Å². The van der Waals surface area contributed by atoms with Gasteiger partial charge < -0.3 is 5.11 Å². The maximum atomic E-state index is 10.8. The molecule has 0 spiro atoms. The fourth-order valence-corrected chi connectivity index (χ4v) is 2.58. The van der Waals surface area contributed by atoms with Gasteiger partial charge in [0.25, 0.3) is 0 Å². The van der Waals surface area contributed by atoms with Crippen LogP contribution in [0, 0.1) is 5.92 Å². The second kappa shape index (κ2) is 4.79. The highest BCUT2D eigenvalue weighted by molar-refractivity contribution is 5.70. The molecule has 1 N–H and O–H groups in total. The first-order valence-corrected chi connectivity index (χ1v) is 5.91. The molecule has 0 radical (unpaired) electrons. The zero-order chi connectivity index (χ0) is 10.7. The molecule has 15 heavy (non-hydrogen) atoms. The highest BCUT2D eigenvalue weighted by atomic mass is 16.4. The molecule has 84 valence electrons. The summed E-state index contributed by atoms with van der Waals surface area (Å²) in [5.41, 5.74) is 0. The highest BCUT2D eigenvalue weighted by Crippen LogP contribution is 2.23. The number of aliphatic carboxylic acids is 1. The van der Waals surface area contributed by atoms with Crippen molar-refractivity contribution in [1.82, 2.24) is 4.90 Å². The Balaban J connectivity index is 1.84. The third kappa shape index (κ3) is 2.59. The first kappa shape index (κ1) is 10.7. The Morgan fingerprint density at radius 1 is 1.27 bits per heavy atom. The van der Waals surface area contributed by atoms with E-state index in [-0.39, 0.29) is 5.92 Å². The number of piperidine rings is 1. The molecule has 1 atom stereocenters. The van der Waals surface area contributed by atoms with Crippen LogP contribution in [-0.4, -0.2) is 35.1 Å². The number of rotatable bonds is 2. The van der Waals surface area contributed by atoms with Crippen molar-refractivity contribution in [2.45, 2.75) is 38.1 Å². The lowest BCUT2D eigenvalue weighted by Crippen LogP contribution is -2.42. The van der Waals surface area contributed by atoms with Crippen molar-refractivity contribution >= 4 is 5.97 Å². The molecule has 0 saturated carbocycles. The number of nitrogens with zero attached hydrogens (tertiary/aromatic N) is 1. The van der Waals surface area contributed by atoms with Crippen LogP contribution >= 0.6 is 0 Å². The fraction of sp³-hybridized carbons (Fsp3) is 0.750. The zero-order valence-corrected chi connectivity index (χ0v) is 9.06. The minimum absolute atomic E-state index is 0.103. The molecule has 1 fully saturated rings. The van der Waals surface area contributed by atoms with E-state index in [2.05, 4.69) is 17.1 Å². The first-order valence-electron chi connectivity index (χ1n) is 5.91. The molecule has 3 heteroatoms. The minimum atomic E-state index is -0.617. The maximum absolute atomic E-state index is 10.8. The van der Waals surface area contributed by atoms with Crippen molar-refractivity contribution in [3.63, 3.8) is 0 Å². The van der Waals surface area contributed by atoms with Gasteiger partial charge in [-0.25, -0.2) is 0 Å². The van der Waals surface area contributed by atoms with Crippen LogP contribution in [0.5, 0.6) is 0 Å². The summed E-state index contributed by atoms with van der Waals surface area (Å²) in [5, 5.41) is 8.90. The Morgan fingerprint density at radius 2 is 2.00 bits per heavy atom. The van der Waals surface area contributed by atoms with Crippen molar-refractivity contribution in [1.29, 1.82) is 0 Å². The molecule has 2 aliphatic rings. The van der Waals surface area contributed by atoms with Crippen molar-refractivity contribution in [2.75, 3.05) is 13.1 Å². The average Bonchev–Trinajstić information content (AvgIpc) is 2.30. The summed E-state index contributed by atoms with van der Waals surface area (Å²) >= 11 is 0. The van der Waals surface area contributed by atoms with Crippen molar-refractivity contribution in [3.8, 4) is 0 Å². The summed E-state index contributed by atoms with van der Waals surface area (Å²) in [7, 11) is 0. The van der Waals surface area contributed by atoms with Gasteiger partial charge in [-0.15, -0.1) is 0 Å². The van der Waals surface area contributed by atoms with Crippen LogP contribution in [0.1, 0.15) is 32.1 Å². The number of hydrogen-bond acceptors (Lipinski definition) is 2. The highest BCUT2D eigenvalue weighted by Gasteiger charge is 2.27. The molecule has 2 rings (SSSR count). The third-order valence-electron chi connectivity index (χ3n) is 3.58. The standard InChI is InChI=1S/C12H19NO2/c14-12(15)10-6-8-13(9-7-10)11-4-2-1-3-5-11/h2,4,10-11H,1,3,5-9H2,(H,14,15). The summed E-state index contributed by atoms with van der Waals surface area (Å²) in [6.07, 6.45) is 9.93. The first-order chi connectivity index (χ1) is 7.27. The summed E-state index contributed by atoms with van der Waals surface area (Å²) in [6, 6.07) is 0.577. The molecule has 0 aromatic heterocycles. The van der Waals surface area contributed by atoms with Gasteiger partial charge in [-0.2, -0.15) is 0 Å². The van der Waals surface area contributed by atoms with Gasteiger partial charge in [0, 0.05) is 6.04 Å². The van der Waals surface area contributed by atoms with Gasteiger partial charge in [0.05, 0.1) is 5.92 Å². The van der Waals surface area contributed by atoms with Gasteiger partial charge in [0.15, 0.2) is 0 Å². The van der Waals surface area contributed by atoms with E-state index in [0.29, 0.717) is 6.04 Å². The van der Waals surface area contributed by atoms with Gasteiger partial charge in [-0.3, -0.25) is 9.69 Å². The van der Waals surface area contributed by atoms with Gasteiger partial charge in [-0.05, 0) is 45.2 Å². The monoisotopic (exact) mass is 209 g/mol. The van der Waals surface area contributed by atoms with Crippen LogP contribution in [0.2, 0.25) is 0 Å². The van der Waals surface area contributed by atoms with E-state index in [1.807, 2.05) is 0 Å². The quantitative estimate of drug-likeness (QED) is 0.706. The molecule has 0 aromatic rings. The second-order valence-electron chi connectivity index (χ2n) is 4.57. The number of hydrogen-bond donors (Lipinski definition) is 1. The van der Waals surface area contributed by atoms with Crippen molar-refractivity contribution < 1.29 is 9.90 Å². The SMILES string of the molecule is O=C(O)C1CCN(C2C=CCCC2)CC1. The Hall–Kier alpha value is -0.830. The molecule has 0 amide bonds. The van der Waals surface area contributed by atoms with Gasteiger partial charge in [0.1, 0.15) is 0 Å². The Kier molecular flexibility index (Phi) is 3.41. The largest absolute Gasteiger partial charge is 0.481 e. The number of carbonyl (C=O) groups is 1. The molecule has 1 aliphatic heterocycles. The van der Waals surface area contributed by atoms with Crippen LogP contribution in [0.4, 0.5) is 0 Å². The number of likely N-dealkylation sites (tertiary alicyclic amines) is 1. The lowest BCUT2D eigenvalue weighted by molar-refractivity contribution is -0.143. The molecular weight excluding hydrogens is 190 g/mol. The van der Waals surface area contributed by atoms with E-state index in [4.69, 9.17) is 5.11 Å². The molecule has 1 saturated heterocycles. The van der Waals surface area contributed by atoms with Crippen LogP contribution in [-0.2, 0) is 4.79 Å². The van der Waals surface area contributed by atoms with Crippen molar-refractivity contribution in [2.24, 2.45) is 5.92 Å². The maximum Gasteiger partial charge on any atom is 0.306 e. The Morgan fingerprint density at radius 3 is 2.53 bits per heavy atom. The minimum Gasteiger partial charge on any atom is -0.481 e. The van der Waals surface area contributed by atoms with Gasteiger partial charge in [0.2, 0.25) is 0 Å². The molecule has 0 bridgehead atoms. The lowest BCUT2D eigenvalue weighted by Gasteiger charge is -2.36. The van der Waals surface area contributed by atoms with Gasteiger partial charge in [-0.1, -0.05) is 12.2 Å². The third-order valence-corrected chi connectivity index (χ3v) is 3.58. The Labute approximate surface area is 90.8 Å². The summed E-state index contributed by atoms with van der Waals surface area (Å²) < 4.78 is 0. The molecule has 1 aliphatic carbocycles. The molecule has 3 nitrogen and oxygen atoms in total. The van der Waals surface area contributed by atoms with Crippen molar-refractivity contribution in [3.05, 3.63) is 12.2 Å². The van der Waals surface area contributed by atoms with Gasteiger partial charge >= 0.3 is 5.97 Å². The van der Waals surface area contributed by atoms with Crippen LogP contribution in [0.15, 0.2) is 12.2 Å². The van der Waals surface area contributed by atoms with E-state index in [1.165, 1.54) is 19.3 Å². The predicted octanol–water partition coefficient (Wildman–Crippen LogP) is 1.89. The average molecular weight is 209 g/mol. The van der Waals surface area contributed by atoms with Crippen LogP contribution in [0.25, 0.3) is 0 Å². The summed E-state index contributed by atoms with van der Waals surface area (Å²) in [6.45, 7) is 1.90. The molecular formula is C12H19NO2. The zero-order valence-electron chi connectivity index (χ0n) is 9.06. The van der Waals surface area contributed by atoms with Crippen LogP contribution in [0.3, 0.4) is 0 Å². The lowest BCUT2D eigenvalue weighted by atomic mass is 9.93. The Bertz CT molecular complexity index is 254. The van der Waals surface area contributed by atoms with E-state index >= 15 is 0 Å². The number of allylic oxidation sites excluding steroid dienone is 1. The topological polar surface area (TPSA) is 40.5 Å². The predicted molar refractivity (Wildman–Crippen MR) is 58.7 cm³/mol. The second-order valence-corrected chi connectivity index (χ2v) is 4.57. The van der Waals surface area contributed by atoms with E-state index in [1.54, 1.807) is 0 Å². The number of carboxylic acid groups (broad SMARTS) is 1. The molecule has 1 unspecified atom stereocenters. The molecule has 0 aromatic carbocycles. The summed E-state index contributed by atoms with van der Waals surface area (Å²) in [4.78, 5) is 13.2. The van der Waals surface area contributed by atoms with E-state index in [0.717, 1.165) is 25.9 Å². The fourth-order valence-electron chi connectivity index (χ4n) is 2.58. The number of carboxylic acids is 1.